The lowest BCUT2D eigenvalue weighted by atomic mass is 9.77. The van der Waals surface area contributed by atoms with E-state index in [0.29, 0.717) is 12.5 Å². The first kappa shape index (κ1) is 13.8. The second-order valence-electron chi connectivity index (χ2n) is 6.17. The second kappa shape index (κ2) is 6.02. The van der Waals surface area contributed by atoms with Crippen molar-refractivity contribution in [3.8, 4) is 0 Å². The van der Waals surface area contributed by atoms with Gasteiger partial charge >= 0.3 is 5.97 Å². The molecule has 0 aromatic heterocycles. The Balaban J connectivity index is 1.79. The number of nitrogens with one attached hydrogen (secondary N) is 1. The van der Waals surface area contributed by atoms with Crippen molar-refractivity contribution in [2.45, 2.75) is 45.6 Å². The Hall–Kier alpha value is -0.610. The van der Waals surface area contributed by atoms with E-state index in [1.807, 2.05) is 0 Å². The predicted molar refractivity (Wildman–Crippen MR) is 69.3 cm³/mol. The summed E-state index contributed by atoms with van der Waals surface area (Å²) in [5.74, 6) is 0.403. The second-order valence-corrected chi connectivity index (χ2v) is 6.17. The van der Waals surface area contributed by atoms with E-state index in [1.54, 1.807) is 0 Å². The highest BCUT2D eigenvalue weighted by atomic mass is 16.5. The van der Waals surface area contributed by atoms with Gasteiger partial charge in [-0.05, 0) is 43.6 Å². The van der Waals surface area contributed by atoms with E-state index < -0.39 is 0 Å². The Morgan fingerprint density at radius 3 is 2.78 bits per heavy atom. The third-order valence-corrected chi connectivity index (χ3v) is 4.17. The minimum atomic E-state index is -0.147. The van der Waals surface area contributed by atoms with Crippen molar-refractivity contribution in [1.29, 1.82) is 0 Å². The van der Waals surface area contributed by atoms with Crippen molar-refractivity contribution in [2.75, 3.05) is 26.4 Å². The molecule has 4 nitrogen and oxygen atoms in total. The van der Waals surface area contributed by atoms with E-state index in [2.05, 4.69) is 19.2 Å². The van der Waals surface area contributed by atoms with Crippen molar-refractivity contribution in [1.82, 2.24) is 5.32 Å². The van der Waals surface area contributed by atoms with Crippen LogP contribution in [0, 0.1) is 11.3 Å². The molecule has 1 atom stereocenters. The van der Waals surface area contributed by atoms with Gasteiger partial charge in [0, 0.05) is 13.2 Å². The van der Waals surface area contributed by atoms with E-state index in [4.69, 9.17) is 9.47 Å². The fourth-order valence-electron chi connectivity index (χ4n) is 2.81. The van der Waals surface area contributed by atoms with Crippen molar-refractivity contribution < 1.29 is 14.3 Å². The van der Waals surface area contributed by atoms with Crippen LogP contribution >= 0.6 is 0 Å². The summed E-state index contributed by atoms with van der Waals surface area (Å²) in [6.07, 6.45) is 4.23. The maximum Gasteiger partial charge on any atom is 0.323 e. The number of esters is 1. The summed E-state index contributed by atoms with van der Waals surface area (Å²) in [5, 5.41) is 3.30. The monoisotopic (exact) mass is 255 g/mol. The number of carbonyl (C=O) groups is 1. The molecule has 1 unspecified atom stereocenters. The summed E-state index contributed by atoms with van der Waals surface area (Å²) in [5.41, 5.74) is 0.00497. The smallest absolute Gasteiger partial charge is 0.323 e. The maximum atomic E-state index is 12.1. The molecule has 0 amide bonds. The highest BCUT2D eigenvalue weighted by Crippen LogP contribution is 2.30. The third-order valence-electron chi connectivity index (χ3n) is 4.17. The van der Waals surface area contributed by atoms with Crippen LogP contribution in [0.1, 0.15) is 39.5 Å². The topological polar surface area (TPSA) is 47.6 Å². The number of hydrogen-bond acceptors (Lipinski definition) is 4. The molecule has 0 saturated carbocycles. The van der Waals surface area contributed by atoms with Crippen molar-refractivity contribution in [2.24, 2.45) is 11.3 Å². The molecule has 4 heteroatoms. The summed E-state index contributed by atoms with van der Waals surface area (Å²) >= 11 is 0. The van der Waals surface area contributed by atoms with E-state index >= 15 is 0 Å². The molecular formula is C14H25NO3. The Labute approximate surface area is 109 Å². The van der Waals surface area contributed by atoms with Crippen LogP contribution in [0.5, 0.6) is 0 Å². The van der Waals surface area contributed by atoms with Crippen LogP contribution in [0.25, 0.3) is 0 Å². The Kier molecular flexibility index (Phi) is 4.62. The first-order chi connectivity index (χ1) is 8.59. The normalized spacial score (nSPS) is 28.9. The van der Waals surface area contributed by atoms with E-state index in [9.17, 15) is 4.79 Å². The zero-order valence-electron chi connectivity index (χ0n) is 11.5. The summed E-state index contributed by atoms with van der Waals surface area (Å²) < 4.78 is 10.8. The molecule has 0 aliphatic carbocycles. The highest BCUT2D eigenvalue weighted by Gasteiger charge is 2.38. The number of piperidine rings is 1. The number of carbonyl (C=O) groups excluding carboxylic acids is 1. The van der Waals surface area contributed by atoms with Gasteiger partial charge in [0.25, 0.3) is 0 Å². The zero-order valence-corrected chi connectivity index (χ0v) is 11.5. The first-order valence-electron chi connectivity index (χ1n) is 7.07. The van der Waals surface area contributed by atoms with Crippen molar-refractivity contribution >= 4 is 5.97 Å². The first-order valence-corrected chi connectivity index (χ1v) is 7.07. The minimum Gasteiger partial charge on any atom is -0.464 e. The SMILES string of the molecule is CC1(C)CCCNC1C(=O)OCC1CCOCC1. The molecule has 2 fully saturated rings. The van der Waals surface area contributed by atoms with Crippen LogP contribution in [-0.4, -0.2) is 38.4 Å². The van der Waals surface area contributed by atoms with Crippen molar-refractivity contribution in [3.05, 3.63) is 0 Å². The Morgan fingerprint density at radius 1 is 1.39 bits per heavy atom. The predicted octanol–water partition coefficient (Wildman–Crippen LogP) is 1.73. The lowest BCUT2D eigenvalue weighted by molar-refractivity contribution is -0.152. The average Bonchev–Trinajstić information content (AvgIpc) is 2.37. The zero-order chi connectivity index (χ0) is 13.0. The molecule has 0 radical (unpaired) electrons. The van der Waals surface area contributed by atoms with E-state index in [-0.39, 0.29) is 17.4 Å². The molecule has 2 saturated heterocycles. The molecule has 104 valence electrons. The molecule has 2 aliphatic rings. The summed E-state index contributed by atoms with van der Waals surface area (Å²) in [4.78, 5) is 12.1. The summed E-state index contributed by atoms with van der Waals surface area (Å²) in [6, 6.07) is -0.147. The van der Waals surface area contributed by atoms with E-state index in [0.717, 1.165) is 45.4 Å². The van der Waals surface area contributed by atoms with Gasteiger partial charge in [-0.3, -0.25) is 4.79 Å². The molecular weight excluding hydrogens is 230 g/mol. The lowest BCUT2D eigenvalue weighted by Gasteiger charge is -2.37. The molecule has 2 heterocycles. The van der Waals surface area contributed by atoms with Crippen molar-refractivity contribution in [3.63, 3.8) is 0 Å². The lowest BCUT2D eigenvalue weighted by Crippen LogP contribution is -2.52. The maximum absolute atomic E-state index is 12.1. The summed E-state index contributed by atoms with van der Waals surface area (Å²) in [6.45, 7) is 7.35. The van der Waals surface area contributed by atoms with Gasteiger partial charge in [0.2, 0.25) is 0 Å². The Bertz CT molecular complexity index is 285. The van der Waals surface area contributed by atoms with Crippen LogP contribution in [0.4, 0.5) is 0 Å². The third kappa shape index (κ3) is 3.45. The summed E-state index contributed by atoms with van der Waals surface area (Å²) in [7, 11) is 0. The van der Waals surface area contributed by atoms with Crippen LogP contribution < -0.4 is 5.32 Å². The van der Waals surface area contributed by atoms with Gasteiger partial charge in [0.05, 0.1) is 6.61 Å². The van der Waals surface area contributed by atoms with Crippen LogP contribution in [0.2, 0.25) is 0 Å². The quantitative estimate of drug-likeness (QED) is 0.780. The fraction of sp³-hybridized carbons (Fsp3) is 0.929. The molecule has 1 N–H and O–H groups in total. The highest BCUT2D eigenvalue weighted by molar-refractivity contribution is 5.77. The van der Waals surface area contributed by atoms with Gasteiger partial charge in [-0.15, -0.1) is 0 Å². The molecule has 0 bridgehead atoms. The van der Waals surface area contributed by atoms with Gasteiger partial charge in [-0.25, -0.2) is 0 Å². The molecule has 2 aliphatic heterocycles. The molecule has 18 heavy (non-hydrogen) atoms. The minimum absolute atomic E-state index is 0.00497. The van der Waals surface area contributed by atoms with Gasteiger partial charge in [-0.2, -0.15) is 0 Å². The number of ether oxygens (including phenoxy) is 2. The average molecular weight is 255 g/mol. The molecule has 0 aromatic carbocycles. The number of rotatable bonds is 3. The number of hydrogen-bond donors (Lipinski definition) is 1. The van der Waals surface area contributed by atoms with Gasteiger partial charge in [-0.1, -0.05) is 13.8 Å². The standard InChI is InChI=1S/C14H25NO3/c1-14(2)6-3-7-15-12(14)13(16)18-10-11-4-8-17-9-5-11/h11-12,15H,3-10H2,1-2H3. The van der Waals surface area contributed by atoms with Gasteiger partial charge in [0.15, 0.2) is 0 Å². The van der Waals surface area contributed by atoms with Gasteiger partial charge in [0.1, 0.15) is 6.04 Å². The molecule has 2 rings (SSSR count). The molecule has 0 spiro atoms. The van der Waals surface area contributed by atoms with Gasteiger partial charge < -0.3 is 14.8 Å². The largest absolute Gasteiger partial charge is 0.464 e. The molecule has 0 aromatic rings. The van der Waals surface area contributed by atoms with Crippen LogP contribution in [0.3, 0.4) is 0 Å². The fourth-order valence-corrected chi connectivity index (χ4v) is 2.81. The van der Waals surface area contributed by atoms with E-state index in [1.165, 1.54) is 0 Å². The van der Waals surface area contributed by atoms with Crippen LogP contribution in [0.15, 0.2) is 0 Å². The Morgan fingerprint density at radius 2 is 2.11 bits per heavy atom. The van der Waals surface area contributed by atoms with Crippen LogP contribution in [-0.2, 0) is 14.3 Å².